The van der Waals surface area contributed by atoms with Gasteiger partial charge in [-0.1, -0.05) is 26.0 Å². The number of nitriles is 1. The Morgan fingerprint density at radius 1 is 1.29 bits per heavy atom. The summed E-state index contributed by atoms with van der Waals surface area (Å²) in [6.07, 6.45) is 1.56. The average Bonchev–Trinajstić information content (AvgIpc) is 2.38. The number of Topliss-reactive ketones (excluding diaryl/α,β-unsaturated/α-hetero) is 1. The standard InChI is InChI=1S/C12H11NO2.C2H6/c1-9(14)11(8-13)7-10-3-5-12(15-2)6-4-10;1-2/h3-7H,1-2H3;1-2H3/b11-7+;. The first-order chi connectivity index (χ1) is 8.17. The normalized spacial score (nSPS) is 9.71. The lowest BCUT2D eigenvalue weighted by Crippen LogP contribution is -1.92. The molecule has 0 aliphatic heterocycles. The van der Waals surface area contributed by atoms with Gasteiger partial charge in [-0.25, -0.2) is 0 Å². The first-order valence-electron chi connectivity index (χ1n) is 5.44. The Bertz CT molecular complexity index is 425. The van der Waals surface area contributed by atoms with E-state index in [0.29, 0.717) is 0 Å². The number of carbonyl (C=O) groups excluding carboxylic acids is 1. The van der Waals surface area contributed by atoms with E-state index < -0.39 is 0 Å². The van der Waals surface area contributed by atoms with Crippen LogP contribution in [0.4, 0.5) is 0 Å². The maximum atomic E-state index is 11.0. The number of allylic oxidation sites excluding steroid dienone is 1. The summed E-state index contributed by atoms with van der Waals surface area (Å²) < 4.78 is 5.00. The Hall–Kier alpha value is -2.08. The predicted molar refractivity (Wildman–Crippen MR) is 68.6 cm³/mol. The van der Waals surface area contributed by atoms with Crippen molar-refractivity contribution in [3.63, 3.8) is 0 Å². The fourth-order valence-electron chi connectivity index (χ4n) is 1.08. The second-order valence-electron chi connectivity index (χ2n) is 3.00. The number of methoxy groups -OCH3 is 1. The van der Waals surface area contributed by atoms with Crippen LogP contribution in [0.25, 0.3) is 6.08 Å². The molecule has 0 saturated heterocycles. The maximum Gasteiger partial charge on any atom is 0.170 e. The number of rotatable bonds is 3. The van der Waals surface area contributed by atoms with Crippen molar-refractivity contribution in [2.24, 2.45) is 0 Å². The second kappa shape index (κ2) is 8.12. The second-order valence-corrected chi connectivity index (χ2v) is 3.00. The van der Waals surface area contributed by atoms with E-state index in [-0.39, 0.29) is 11.4 Å². The molecule has 3 heteroatoms. The molecule has 0 atom stereocenters. The zero-order valence-corrected chi connectivity index (χ0v) is 10.7. The Kier molecular flexibility index (Phi) is 7.12. The van der Waals surface area contributed by atoms with Gasteiger partial charge in [0, 0.05) is 0 Å². The quantitative estimate of drug-likeness (QED) is 0.592. The van der Waals surface area contributed by atoms with Crippen molar-refractivity contribution in [1.82, 2.24) is 0 Å². The van der Waals surface area contributed by atoms with Crippen molar-refractivity contribution in [3.05, 3.63) is 35.4 Å². The van der Waals surface area contributed by atoms with E-state index in [1.165, 1.54) is 6.92 Å². The lowest BCUT2D eigenvalue weighted by atomic mass is 10.1. The van der Waals surface area contributed by atoms with Crippen molar-refractivity contribution in [1.29, 1.82) is 5.26 Å². The highest BCUT2D eigenvalue weighted by molar-refractivity contribution is 6.01. The monoisotopic (exact) mass is 231 g/mol. The molecule has 0 bridgehead atoms. The number of hydrogen-bond acceptors (Lipinski definition) is 3. The molecule has 0 amide bonds. The minimum absolute atomic E-state index is 0.153. The van der Waals surface area contributed by atoms with Gasteiger partial charge < -0.3 is 4.74 Å². The van der Waals surface area contributed by atoms with Crippen molar-refractivity contribution in [3.8, 4) is 11.8 Å². The van der Waals surface area contributed by atoms with Gasteiger partial charge in [-0.15, -0.1) is 0 Å². The summed E-state index contributed by atoms with van der Waals surface area (Å²) in [7, 11) is 1.58. The van der Waals surface area contributed by atoms with Gasteiger partial charge in [0.05, 0.1) is 12.7 Å². The molecular weight excluding hydrogens is 214 g/mol. The molecule has 1 aromatic carbocycles. The third-order valence-corrected chi connectivity index (χ3v) is 1.93. The molecule has 0 fully saturated rings. The largest absolute Gasteiger partial charge is 0.497 e. The maximum absolute atomic E-state index is 11.0. The van der Waals surface area contributed by atoms with Crippen LogP contribution in [0.1, 0.15) is 26.3 Å². The molecule has 17 heavy (non-hydrogen) atoms. The molecule has 90 valence electrons. The summed E-state index contributed by atoms with van der Waals surface area (Å²) in [6, 6.07) is 9.00. The molecule has 1 rings (SSSR count). The number of ketones is 1. The van der Waals surface area contributed by atoms with Gasteiger partial charge >= 0.3 is 0 Å². The molecule has 0 unspecified atom stereocenters. The SMILES string of the molecule is CC.COc1ccc(/C=C(\C#N)C(C)=O)cc1. The van der Waals surface area contributed by atoms with Crippen molar-refractivity contribution in [2.75, 3.05) is 7.11 Å². The topological polar surface area (TPSA) is 50.1 Å². The fraction of sp³-hybridized carbons (Fsp3) is 0.286. The summed E-state index contributed by atoms with van der Waals surface area (Å²) in [6.45, 7) is 5.37. The summed E-state index contributed by atoms with van der Waals surface area (Å²) in [5.41, 5.74) is 0.961. The van der Waals surface area contributed by atoms with Gasteiger partial charge in [0.2, 0.25) is 0 Å². The fourth-order valence-corrected chi connectivity index (χ4v) is 1.08. The molecular formula is C14H17NO2. The summed E-state index contributed by atoms with van der Waals surface area (Å²) in [4.78, 5) is 11.0. The third-order valence-electron chi connectivity index (χ3n) is 1.93. The highest BCUT2D eigenvalue weighted by atomic mass is 16.5. The highest BCUT2D eigenvalue weighted by Gasteiger charge is 2.01. The molecule has 0 aromatic heterocycles. The van der Waals surface area contributed by atoms with E-state index in [2.05, 4.69) is 0 Å². The van der Waals surface area contributed by atoms with Crippen LogP contribution in [0, 0.1) is 11.3 Å². The van der Waals surface area contributed by atoms with Crippen molar-refractivity contribution >= 4 is 11.9 Å². The summed E-state index contributed by atoms with van der Waals surface area (Å²) >= 11 is 0. The van der Waals surface area contributed by atoms with E-state index in [4.69, 9.17) is 10.00 Å². The third kappa shape index (κ3) is 4.98. The van der Waals surface area contributed by atoms with Gasteiger partial charge in [0.15, 0.2) is 5.78 Å². The van der Waals surface area contributed by atoms with Gasteiger partial charge in [-0.2, -0.15) is 5.26 Å². The Morgan fingerprint density at radius 2 is 1.82 bits per heavy atom. The van der Waals surface area contributed by atoms with E-state index in [9.17, 15) is 4.79 Å². The molecule has 0 radical (unpaired) electrons. The minimum Gasteiger partial charge on any atom is -0.497 e. The number of ether oxygens (including phenoxy) is 1. The molecule has 3 nitrogen and oxygen atoms in total. The Labute approximate surface area is 102 Å². The number of nitrogens with zero attached hydrogens (tertiary/aromatic N) is 1. The first kappa shape index (κ1) is 14.9. The lowest BCUT2D eigenvalue weighted by molar-refractivity contribution is -0.113. The zero-order valence-electron chi connectivity index (χ0n) is 10.7. The van der Waals surface area contributed by atoms with Gasteiger partial charge in [-0.05, 0) is 30.7 Å². The number of benzene rings is 1. The van der Waals surface area contributed by atoms with Crippen LogP contribution < -0.4 is 4.74 Å². The molecule has 0 heterocycles. The Balaban J connectivity index is 0.00000121. The van der Waals surface area contributed by atoms with E-state index in [1.54, 1.807) is 37.5 Å². The van der Waals surface area contributed by atoms with Gasteiger partial charge in [0.1, 0.15) is 11.8 Å². The van der Waals surface area contributed by atoms with Crippen LogP contribution in [-0.2, 0) is 4.79 Å². The van der Waals surface area contributed by atoms with Crippen LogP contribution in [0.2, 0.25) is 0 Å². The van der Waals surface area contributed by atoms with Crippen LogP contribution in [0.3, 0.4) is 0 Å². The minimum atomic E-state index is -0.228. The van der Waals surface area contributed by atoms with Gasteiger partial charge in [-0.3, -0.25) is 4.79 Å². The number of carbonyl (C=O) groups is 1. The molecule has 0 aliphatic rings. The average molecular weight is 231 g/mol. The lowest BCUT2D eigenvalue weighted by Gasteiger charge is -1.99. The van der Waals surface area contributed by atoms with Crippen molar-refractivity contribution < 1.29 is 9.53 Å². The van der Waals surface area contributed by atoms with Crippen LogP contribution >= 0.6 is 0 Å². The van der Waals surface area contributed by atoms with E-state index in [0.717, 1.165) is 11.3 Å². The van der Waals surface area contributed by atoms with Gasteiger partial charge in [0.25, 0.3) is 0 Å². The van der Waals surface area contributed by atoms with E-state index >= 15 is 0 Å². The van der Waals surface area contributed by atoms with Crippen LogP contribution in [0.5, 0.6) is 5.75 Å². The summed E-state index contributed by atoms with van der Waals surface area (Å²) in [5, 5.41) is 8.69. The predicted octanol–water partition coefficient (Wildman–Crippen LogP) is 3.22. The molecule has 1 aromatic rings. The number of hydrogen-bond donors (Lipinski definition) is 0. The molecule has 0 saturated carbocycles. The smallest absolute Gasteiger partial charge is 0.170 e. The summed E-state index contributed by atoms with van der Waals surface area (Å²) in [5.74, 6) is 0.516. The Morgan fingerprint density at radius 3 is 2.18 bits per heavy atom. The van der Waals surface area contributed by atoms with Crippen LogP contribution in [0.15, 0.2) is 29.8 Å². The first-order valence-corrected chi connectivity index (χ1v) is 5.44. The molecule has 0 N–H and O–H groups in total. The van der Waals surface area contributed by atoms with Crippen LogP contribution in [-0.4, -0.2) is 12.9 Å². The molecule has 0 spiro atoms. The zero-order chi connectivity index (χ0) is 13.3. The van der Waals surface area contributed by atoms with E-state index in [1.807, 2.05) is 19.9 Å². The highest BCUT2D eigenvalue weighted by Crippen LogP contribution is 2.13. The molecule has 0 aliphatic carbocycles. The van der Waals surface area contributed by atoms with Crippen molar-refractivity contribution in [2.45, 2.75) is 20.8 Å².